The number of amides is 2. The summed E-state index contributed by atoms with van der Waals surface area (Å²) in [4.78, 5) is 39.9. The van der Waals surface area contributed by atoms with Gasteiger partial charge >= 0.3 is 0 Å². The minimum Gasteiger partial charge on any atom is -0.299 e. The lowest BCUT2D eigenvalue weighted by Gasteiger charge is -2.35. The number of hydrogen-bond acceptors (Lipinski definition) is 3. The number of imide groups is 1. The maximum absolute atomic E-state index is 13.2. The molecule has 2 aromatic rings. The van der Waals surface area contributed by atoms with Gasteiger partial charge in [0, 0.05) is 18.3 Å². The van der Waals surface area contributed by atoms with E-state index in [0.29, 0.717) is 5.69 Å². The lowest BCUT2D eigenvalue weighted by Crippen LogP contribution is -2.39. The third kappa shape index (κ3) is 2.40. The predicted molar refractivity (Wildman–Crippen MR) is 93.9 cm³/mol. The lowest BCUT2D eigenvalue weighted by molar-refractivity contribution is -0.134. The number of anilines is 1. The molecule has 4 atom stereocenters. The minimum absolute atomic E-state index is 0.0613. The zero-order chi connectivity index (χ0) is 17.6. The monoisotopic (exact) mass is 333 g/mol. The second-order valence-electron chi connectivity index (χ2n) is 6.88. The highest BCUT2D eigenvalue weighted by Gasteiger charge is 2.57. The zero-order valence-corrected chi connectivity index (χ0v) is 14.0. The molecule has 2 fully saturated rings. The maximum atomic E-state index is 13.2. The molecule has 1 aliphatic carbocycles. The number of Topliss-reactive ketones (excluding diaryl/α,β-unsaturated/α-hetero) is 1. The molecule has 0 unspecified atom stereocenters. The third-order valence-corrected chi connectivity index (χ3v) is 5.53. The molecule has 2 aliphatic rings. The number of benzene rings is 2. The van der Waals surface area contributed by atoms with E-state index in [0.717, 1.165) is 5.56 Å². The molecule has 1 saturated carbocycles. The topological polar surface area (TPSA) is 54.5 Å². The van der Waals surface area contributed by atoms with Crippen molar-refractivity contribution < 1.29 is 14.4 Å². The van der Waals surface area contributed by atoms with E-state index in [1.54, 1.807) is 24.3 Å². The third-order valence-electron chi connectivity index (χ3n) is 5.53. The Bertz CT molecular complexity index is 831. The molecule has 4 heteroatoms. The van der Waals surface area contributed by atoms with Crippen LogP contribution < -0.4 is 4.90 Å². The zero-order valence-electron chi connectivity index (χ0n) is 14.0. The van der Waals surface area contributed by atoms with Gasteiger partial charge in [-0.25, -0.2) is 0 Å². The average Bonchev–Trinajstić information content (AvgIpc) is 2.88. The van der Waals surface area contributed by atoms with E-state index in [2.05, 4.69) is 0 Å². The highest BCUT2D eigenvalue weighted by Crippen LogP contribution is 2.48. The number of carbonyl (C=O) groups is 3. The Morgan fingerprint density at radius 1 is 0.800 bits per heavy atom. The van der Waals surface area contributed by atoms with E-state index in [4.69, 9.17) is 0 Å². The van der Waals surface area contributed by atoms with Gasteiger partial charge in [0.05, 0.1) is 17.5 Å². The van der Waals surface area contributed by atoms with Crippen molar-refractivity contribution in [2.75, 3.05) is 4.90 Å². The second kappa shape index (κ2) is 5.96. The molecule has 2 amide bonds. The number of carbonyl (C=O) groups excluding carboxylic acids is 3. The molecular formula is C21H19NO3. The SMILES string of the molecule is C[C@H]1C(=O)C[C@H]2C(=O)N(c3ccccc3)C(=O)[C@@H]2[C@@H]1c1ccccc1. The highest BCUT2D eigenvalue weighted by atomic mass is 16.2. The van der Waals surface area contributed by atoms with Crippen molar-refractivity contribution in [3.63, 3.8) is 0 Å². The standard InChI is InChI=1S/C21H19NO3/c1-13-17(23)12-16-19(18(13)14-8-4-2-5-9-14)21(25)22(20(16)24)15-10-6-3-7-11-15/h2-11,13,16,18-19H,12H2,1H3/t13-,16+,18-,19-/m0/s1. The van der Waals surface area contributed by atoms with Crippen molar-refractivity contribution in [2.45, 2.75) is 19.3 Å². The van der Waals surface area contributed by atoms with Crippen LogP contribution in [0.4, 0.5) is 5.69 Å². The minimum atomic E-state index is -0.554. The van der Waals surface area contributed by atoms with Crippen LogP contribution in [0.2, 0.25) is 0 Å². The lowest BCUT2D eigenvalue weighted by atomic mass is 9.65. The average molecular weight is 333 g/mol. The summed E-state index contributed by atoms with van der Waals surface area (Å²) >= 11 is 0. The highest BCUT2D eigenvalue weighted by molar-refractivity contribution is 6.23. The first kappa shape index (κ1) is 15.8. The first-order valence-corrected chi connectivity index (χ1v) is 8.60. The van der Waals surface area contributed by atoms with Gasteiger partial charge in [-0.1, -0.05) is 55.5 Å². The number of hydrogen-bond donors (Lipinski definition) is 0. The Labute approximate surface area is 146 Å². The van der Waals surface area contributed by atoms with Crippen LogP contribution in [0.25, 0.3) is 0 Å². The summed E-state index contributed by atoms with van der Waals surface area (Å²) in [6.45, 7) is 1.87. The Kier molecular flexibility index (Phi) is 3.75. The molecule has 25 heavy (non-hydrogen) atoms. The Balaban J connectivity index is 1.79. The van der Waals surface area contributed by atoms with Crippen molar-refractivity contribution >= 4 is 23.3 Å². The molecule has 4 rings (SSSR count). The molecule has 0 spiro atoms. The number of para-hydroxylation sites is 1. The summed E-state index contributed by atoms with van der Waals surface area (Å²) in [6, 6.07) is 18.6. The van der Waals surface area contributed by atoms with Crippen LogP contribution in [-0.2, 0) is 14.4 Å². The maximum Gasteiger partial charge on any atom is 0.238 e. The van der Waals surface area contributed by atoms with Gasteiger partial charge in [-0.3, -0.25) is 19.3 Å². The van der Waals surface area contributed by atoms with Crippen LogP contribution in [0, 0.1) is 17.8 Å². The molecule has 126 valence electrons. The Hall–Kier alpha value is -2.75. The molecule has 0 radical (unpaired) electrons. The van der Waals surface area contributed by atoms with Crippen molar-refractivity contribution in [3.8, 4) is 0 Å². The fourth-order valence-electron chi connectivity index (χ4n) is 4.28. The second-order valence-corrected chi connectivity index (χ2v) is 6.88. The van der Waals surface area contributed by atoms with Gasteiger partial charge in [0.1, 0.15) is 5.78 Å². The van der Waals surface area contributed by atoms with Gasteiger partial charge in [-0.05, 0) is 17.7 Å². The largest absolute Gasteiger partial charge is 0.299 e. The van der Waals surface area contributed by atoms with Crippen LogP contribution in [0.1, 0.15) is 24.8 Å². The van der Waals surface area contributed by atoms with E-state index in [-0.39, 0.29) is 35.9 Å². The van der Waals surface area contributed by atoms with Gasteiger partial charge in [0.15, 0.2) is 0 Å². The number of rotatable bonds is 2. The van der Waals surface area contributed by atoms with Gasteiger partial charge in [0.25, 0.3) is 0 Å². The molecule has 1 heterocycles. The van der Waals surface area contributed by atoms with E-state index in [1.807, 2.05) is 43.3 Å². The molecule has 1 aliphatic heterocycles. The quantitative estimate of drug-likeness (QED) is 0.793. The smallest absolute Gasteiger partial charge is 0.238 e. The van der Waals surface area contributed by atoms with Crippen LogP contribution in [0.15, 0.2) is 60.7 Å². The first-order valence-electron chi connectivity index (χ1n) is 8.60. The summed E-state index contributed by atoms with van der Waals surface area (Å²) in [5.74, 6) is -1.92. The molecule has 0 bridgehead atoms. The molecule has 4 nitrogen and oxygen atoms in total. The van der Waals surface area contributed by atoms with Crippen molar-refractivity contribution in [1.29, 1.82) is 0 Å². The van der Waals surface area contributed by atoms with Crippen molar-refractivity contribution in [3.05, 3.63) is 66.2 Å². The van der Waals surface area contributed by atoms with E-state index >= 15 is 0 Å². The Morgan fingerprint density at radius 2 is 1.40 bits per heavy atom. The van der Waals surface area contributed by atoms with Crippen molar-refractivity contribution in [1.82, 2.24) is 0 Å². The molecule has 0 N–H and O–H groups in total. The predicted octanol–water partition coefficient (Wildman–Crippen LogP) is 3.18. The van der Waals surface area contributed by atoms with Crippen LogP contribution in [0.3, 0.4) is 0 Å². The van der Waals surface area contributed by atoms with Gasteiger partial charge in [-0.15, -0.1) is 0 Å². The summed E-state index contributed by atoms with van der Waals surface area (Å²) in [6.07, 6.45) is 0.156. The summed E-state index contributed by atoms with van der Waals surface area (Å²) < 4.78 is 0. The first-order chi connectivity index (χ1) is 12.1. The number of ketones is 1. The van der Waals surface area contributed by atoms with Gasteiger partial charge < -0.3 is 0 Å². The van der Waals surface area contributed by atoms with E-state index in [9.17, 15) is 14.4 Å². The molecular weight excluding hydrogens is 314 g/mol. The normalized spacial score (nSPS) is 29.0. The number of fused-ring (bicyclic) bond motifs is 1. The van der Waals surface area contributed by atoms with Crippen LogP contribution in [0.5, 0.6) is 0 Å². The van der Waals surface area contributed by atoms with E-state index in [1.165, 1.54) is 4.90 Å². The summed E-state index contributed by atoms with van der Waals surface area (Å²) in [5.41, 5.74) is 1.54. The van der Waals surface area contributed by atoms with E-state index < -0.39 is 11.8 Å². The molecule has 1 saturated heterocycles. The molecule has 0 aromatic heterocycles. The van der Waals surface area contributed by atoms with Crippen LogP contribution >= 0.6 is 0 Å². The van der Waals surface area contributed by atoms with Gasteiger partial charge in [-0.2, -0.15) is 0 Å². The number of nitrogens with zero attached hydrogens (tertiary/aromatic N) is 1. The van der Waals surface area contributed by atoms with Crippen molar-refractivity contribution in [2.24, 2.45) is 17.8 Å². The molecule has 2 aromatic carbocycles. The van der Waals surface area contributed by atoms with Crippen LogP contribution in [-0.4, -0.2) is 17.6 Å². The summed E-state index contributed by atoms with van der Waals surface area (Å²) in [5, 5.41) is 0. The Morgan fingerprint density at radius 3 is 2.04 bits per heavy atom. The fourth-order valence-corrected chi connectivity index (χ4v) is 4.28. The van der Waals surface area contributed by atoms with Gasteiger partial charge in [0.2, 0.25) is 11.8 Å². The summed E-state index contributed by atoms with van der Waals surface area (Å²) in [7, 11) is 0. The fraction of sp³-hybridized carbons (Fsp3) is 0.286.